The molecule has 0 fully saturated rings. The Bertz CT molecular complexity index is 758. The van der Waals surface area contributed by atoms with Gasteiger partial charge in [-0.1, -0.05) is 35.5 Å². The Balaban J connectivity index is 1.90. The minimum atomic E-state index is -3.30. The van der Waals surface area contributed by atoms with Crippen molar-refractivity contribution in [2.24, 2.45) is 0 Å². The summed E-state index contributed by atoms with van der Waals surface area (Å²) in [5.74, 6) is 0.418. The molecule has 23 heavy (non-hydrogen) atoms. The molecular formula is C14H18N4O4S. The number of aromatic nitrogens is 2. The van der Waals surface area contributed by atoms with E-state index < -0.39 is 16.1 Å². The summed E-state index contributed by atoms with van der Waals surface area (Å²) >= 11 is 0. The first kappa shape index (κ1) is 17.1. The Morgan fingerprint density at radius 2 is 2.00 bits per heavy atom. The van der Waals surface area contributed by atoms with Crippen molar-refractivity contribution in [2.75, 3.05) is 12.8 Å². The van der Waals surface area contributed by atoms with Crippen LogP contribution in [0.4, 0.5) is 0 Å². The van der Waals surface area contributed by atoms with Gasteiger partial charge in [-0.3, -0.25) is 4.79 Å². The van der Waals surface area contributed by atoms with Crippen molar-refractivity contribution in [1.29, 1.82) is 0 Å². The van der Waals surface area contributed by atoms with Gasteiger partial charge in [-0.25, -0.2) is 13.1 Å². The lowest BCUT2D eigenvalue weighted by molar-refractivity contribution is -0.121. The van der Waals surface area contributed by atoms with Crippen LogP contribution in [0.3, 0.4) is 0 Å². The molecule has 0 saturated heterocycles. The lowest BCUT2D eigenvalue weighted by Crippen LogP contribution is -2.31. The van der Waals surface area contributed by atoms with Crippen LogP contribution in [-0.2, 0) is 14.8 Å². The van der Waals surface area contributed by atoms with Crippen molar-refractivity contribution in [3.8, 4) is 11.4 Å². The van der Waals surface area contributed by atoms with Crippen LogP contribution in [0.15, 0.2) is 34.9 Å². The SMILES string of the molecule is C[C@@H](NC(=O)CCNS(C)(=O)=O)c1nc(-c2ccccc2)no1. The van der Waals surface area contributed by atoms with Gasteiger partial charge in [-0.2, -0.15) is 4.98 Å². The maximum absolute atomic E-state index is 11.8. The molecule has 2 rings (SSSR count). The van der Waals surface area contributed by atoms with Crippen molar-refractivity contribution in [2.45, 2.75) is 19.4 Å². The van der Waals surface area contributed by atoms with Gasteiger partial charge in [0, 0.05) is 18.5 Å². The average molecular weight is 338 g/mol. The van der Waals surface area contributed by atoms with E-state index in [1.54, 1.807) is 6.92 Å². The standard InChI is InChI=1S/C14H18N4O4S/c1-10(16-12(19)8-9-15-23(2,20)21)14-17-13(18-22-14)11-6-4-3-5-7-11/h3-7,10,15H,8-9H2,1-2H3,(H,16,19)/t10-/m1/s1. The molecule has 1 heterocycles. The van der Waals surface area contributed by atoms with Gasteiger partial charge in [0.05, 0.1) is 6.26 Å². The fourth-order valence-electron chi connectivity index (χ4n) is 1.84. The Kier molecular flexibility index (Phi) is 5.45. The van der Waals surface area contributed by atoms with Crippen LogP contribution in [0, 0.1) is 0 Å². The number of nitrogens with zero attached hydrogens (tertiary/aromatic N) is 2. The molecule has 9 heteroatoms. The minimum Gasteiger partial charge on any atom is -0.345 e. The van der Waals surface area contributed by atoms with Gasteiger partial charge in [-0.05, 0) is 6.92 Å². The molecule has 2 aromatic rings. The molecule has 1 amide bonds. The zero-order valence-electron chi connectivity index (χ0n) is 12.8. The van der Waals surface area contributed by atoms with Gasteiger partial charge < -0.3 is 9.84 Å². The number of amides is 1. The second-order valence-electron chi connectivity index (χ2n) is 5.03. The molecule has 0 aliphatic heterocycles. The van der Waals surface area contributed by atoms with Crippen molar-refractivity contribution >= 4 is 15.9 Å². The zero-order valence-corrected chi connectivity index (χ0v) is 13.6. The summed E-state index contributed by atoms with van der Waals surface area (Å²) in [5.41, 5.74) is 0.818. The van der Waals surface area contributed by atoms with Crippen molar-refractivity contribution in [3.05, 3.63) is 36.2 Å². The highest BCUT2D eigenvalue weighted by Gasteiger charge is 2.17. The summed E-state index contributed by atoms with van der Waals surface area (Å²) in [5, 5.41) is 6.56. The Hall–Kier alpha value is -2.26. The molecule has 8 nitrogen and oxygen atoms in total. The van der Waals surface area contributed by atoms with E-state index in [1.807, 2.05) is 30.3 Å². The van der Waals surface area contributed by atoms with E-state index in [0.717, 1.165) is 11.8 Å². The first-order valence-corrected chi connectivity index (χ1v) is 8.87. The Morgan fingerprint density at radius 3 is 2.65 bits per heavy atom. The largest absolute Gasteiger partial charge is 0.345 e. The second kappa shape index (κ2) is 7.34. The molecule has 0 aliphatic carbocycles. The third-order valence-corrected chi connectivity index (χ3v) is 3.67. The summed E-state index contributed by atoms with van der Waals surface area (Å²) in [7, 11) is -3.30. The molecule has 0 radical (unpaired) electrons. The van der Waals surface area contributed by atoms with E-state index in [-0.39, 0.29) is 24.8 Å². The predicted molar refractivity (Wildman–Crippen MR) is 83.8 cm³/mol. The molecule has 124 valence electrons. The quantitative estimate of drug-likeness (QED) is 0.773. The molecule has 1 aromatic heterocycles. The third-order valence-electron chi connectivity index (χ3n) is 2.94. The minimum absolute atomic E-state index is 0.0249. The van der Waals surface area contributed by atoms with E-state index >= 15 is 0 Å². The van der Waals surface area contributed by atoms with Crippen molar-refractivity contribution in [1.82, 2.24) is 20.2 Å². The fraction of sp³-hybridized carbons (Fsp3) is 0.357. The van der Waals surface area contributed by atoms with E-state index in [2.05, 4.69) is 20.2 Å². The van der Waals surface area contributed by atoms with Gasteiger partial charge >= 0.3 is 0 Å². The number of hydrogen-bond acceptors (Lipinski definition) is 6. The van der Waals surface area contributed by atoms with Crippen LogP contribution in [-0.4, -0.2) is 37.3 Å². The van der Waals surface area contributed by atoms with E-state index in [1.165, 1.54) is 0 Å². The van der Waals surface area contributed by atoms with Crippen molar-refractivity contribution < 1.29 is 17.7 Å². The smallest absolute Gasteiger partial charge is 0.249 e. The Morgan fingerprint density at radius 1 is 1.30 bits per heavy atom. The molecular weight excluding hydrogens is 320 g/mol. The number of sulfonamides is 1. The maximum Gasteiger partial charge on any atom is 0.249 e. The number of benzene rings is 1. The number of nitrogens with one attached hydrogen (secondary N) is 2. The van der Waals surface area contributed by atoms with Crippen LogP contribution in [0.5, 0.6) is 0 Å². The van der Waals surface area contributed by atoms with Gasteiger partial charge in [0.15, 0.2) is 0 Å². The first-order chi connectivity index (χ1) is 10.8. The number of hydrogen-bond donors (Lipinski definition) is 2. The monoisotopic (exact) mass is 338 g/mol. The second-order valence-corrected chi connectivity index (χ2v) is 6.86. The lowest BCUT2D eigenvalue weighted by Gasteiger charge is -2.09. The molecule has 1 aromatic carbocycles. The third kappa shape index (κ3) is 5.46. The summed E-state index contributed by atoms with van der Waals surface area (Å²) in [6.07, 6.45) is 1.06. The predicted octanol–water partition coefficient (Wildman–Crippen LogP) is 0.853. The number of rotatable bonds is 7. The summed E-state index contributed by atoms with van der Waals surface area (Å²) < 4.78 is 29.2. The zero-order chi connectivity index (χ0) is 16.9. The summed E-state index contributed by atoms with van der Waals surface area (Å²) in [6.45, 7) is 1.75. The van der Waals surface area contributed by atoms with Gasteiger partial charge in [-0.15, -0.1) is 0 Å². The summed E-state index contributed by atoms with van der Waals surface area (Å²) in [4.78, 5) is 16.0. The molecule has 1 atom stereocenters. The van der Waals surface area contributed by atoms with E-state index in [9.17, 15) is 13.2 Å². The van der Waals surface area contributed by atoms with Gasteiger partial charge in [0.2, 0.25) is 27.6 Å². The van der Waals surface area contributed by atoms with Gasteiger partial charge in [0.1, 0.15) is 6.04 Å². The molecule has 0 aliphatic rings. The van der Waals surface area contributed by atoms with Crippen molar-refractivity contribution in [3.63, 3.8) is 0 Å². The first-order valence-electron chi connectivity index (χ1n) is 6.98. The average Bonchev–Trinajstić information content (AvgIpc) is 2.96. The normalized spacial score (nSPS) is 12.8. The highest BCUT2D eigenvalue weighted by Crippen LogP contribution is 2.18. The molecule has 0 unspecified atom stereocenters. The van der Waals surface area contributed by atoms with Crippen LogP contribution >= 0.6 is 0 Å². The highest BCUT2D eigenvalue weighted by molar-refractivity contribution is 7.88. The van der Waals surface area contributed by atoms with Gasteiger partial charge in [0.25, 0.3) is 0 Å². The highest BCUT2D eigenvalue weighted by atomic mass is 32.2. The van der Waals surface area contributed by atoms with Crippen LogP contribution in [0.2, 0.25) is 0 Å². The van der Waals surface area contributed by atoms with Crippen LogP contribution in [0.1, 0.15) is 25.3 Å². The lowest BCUT2D eigenvalue weighted by atomic mass is 10.2. The topological polar surface area (TPSA) is 114 Å². The molecule has 0 saturated carbocycles. The Labute approximate surface area is 134 Å². The fourth-order valence-corrected chi connectivity index (χ4v) is 2.31. The maximum atomic E-state index is 11.8. The number of carbonyl (C=O) groups excluding carboxylic acids is 1. The van der Waals surface area contributed by atoms with E-state index in [4.69, 9.17) is 4.52 Å². The molecule has 2 N–H and O–H groups in total. The molecule has 0 spiro atoms. The van der Waals surface area contributed by atoms with Crippen LogP contribution in [0.25, 0.3) is 11.4 Å². The van der Waals surface area contributed by atoms with E-state index in [0.29, 0.717) is 5.82 Å². The van der Waals surface area contributed by atoms with Crippen LogP contribution < -0.4 is 10.0 Å². The molecule has 0 bridgehead atoms. The summed E-state index contributed by atoms with van der Waals surface area (Å²) in [6, 6.07) is 8.86. The number of carbonyl (C=O) groups is 1.